The van der Waals surface area contributed by atoms with E-state index in [1.54, 1.807) is 6.92 Å². The molecule has 0 amide bonds. The fraction of sp³-hybridized carbons (Fsp3) is 0.600. The summed E-state index contributed by atoms with van der Waals surface area (Å²) in [6.45, 7) is 7.70. The van der Waals surface area contributed by atoms with Crippen molar-refractivity contribution in [1.29, 1.82) is 0 Å². The summed E-state index contributed by atoms with van der Waals surface area (Å²) in [6.07, 6.45) is 2.17. The quantitative estimate of drug-likeness (QED) is 0.474. The van der Waals surface area contributed by atoms with Crippen molar-refractivity contribution in [2.45, 2.75) is 71.7 Å². The summed E-state index contributed by atoms with van der Waals surface area (Å²) in [7, 11) is 0. The normalized spacial score (nSPS) is 25.2. The first-order valence-electron chi connectivity index (χ1n) is 8.63. The first kappa shape index (κ1) is 18.7. The van der Waals surface area contributed by atoms with E-state index in [0.717, 1.165) is 5.56 Å². The molecule has 1 aromatic carbocycles. The fourth-order valence-corrected chi connectivity index (χ4v) is 2.86. The molecule has 1 fully saturated rings. The van der Waals surface area contributed by atoms with Gasteiger partial charge in [0.15, 0.2) is 0 Å². The van der Waals surface area contributed by atoms with Gasteiger partial charge in [-0.25, -0.2) is 0 Å². The number of benzene rings is 1. The number of hydrogen-bond donors (Lipinski definition) is 0. The Labute approximate surface area is 144 Å². The third kappa shape index (κ3) is 4.91. The molecular weight excluding hydrogens is 304 g/mol. The van der Waals surface area contributed by atoms with Gasteiger partial charge in [-0.3, -0.25) is 9.59 Å². The second-order valence-corrected chi connectivity index (χ2v) is 7.75. The Kier molecular flexibility index (Phi) is 5.81. The fourth-order valence-electron chi connectivity index (χ4n) is 2.86. The van der Waals surface area contributed by atoms with Gasteiger partial charge in [-0.1, -0.05) is 30.3 Å². The lowest BCUT2D eigenvalue weighted by Gasteiger charge is -2.29. The first-order valence-corrected chi connectivity index (χ1v) is 8.63. The topological polar surface area (TPSA) is 52.6 Å². The Bertz CT molecular complexity index is 573. The molecule has 4 heteroatoms. The molecule has 0 radical (unpaired) electrons. The summed E-state index contributed by atoms with van der Waals surface area (Å²) in [5, 5.41) is 0. The molecule has 0 bridgehead atoms. The van der Waals surface area contributed by atoms with E-state index >= 15 is 0 Å². The molecule has 0 heterocycles. The van der Waals surface area contributed by atoms with Crippen LogP contribution in [-0.4, -0.2) is 23.5 Å². The van der Waals surface area contributed by atoms with Crippen LogP contribution in [0.5, 0.6) is 0 Å². The number of ether oxygens (including phenoxy) is 2. The molecule has 1 aromatic rings. The molecule has 0 saturated heterocycles. The molecule has 4 nitrogen and oxygen atoms in total. The molecule has 1 aliphatic rings. The Hall–Kier alpha value is -1.68. The highest BCUT2D eigenvalue weighted by atomic mass is 16.6. The molecule has 1 aliphatic carbocycles. The van der Waals surface area contributed by atoms with Crippen molar-refractivity contribution in [3.8, 4) is 0 Å². The Morgan fingerprint density at radius 3 is 2.50 bits per heavy atom. The van der Waals surface area contributed by atoms with Crippen LogP contribution in [0.4, 0.5) is 0 Å². The van der Waals surface area contributed by atoms with E-state index in [0.29, 0.717) is 32.3 Å². The minimum atomic E-state index is -1.06. The molecule has 0 aliphatic heterocycles. The zero-order chi connectivity index (χ0) is 17.8. The maximum absolute atomic E-state index is 12.5. The number of esters is 1. The number of carbonyl (C=O) groups is 2. The van der Waals surface area contributed by atoms with Crippen molar-refractivity contribution in [2.24, 2.45) is 5.41 Å². The predicted molar refractivity (Wildman–Crippen MR) is 92.4 cm³/mol. The predicted octanol–water partition coefficient (Wildman–Crippen LogP) is 4.06. The van der Waals surface area contributed by atoms with Crippen LogP contribution >= 0.6 is 0 Å². The first-order chi connectivity index (χ1) is 11.2. The molecule has 2 atom stereocenters. The van der Waals surface area contributed by atoms with Crippen LogP contribution in [-0.2, 0) is 25.7 Å². The Balaban J connectivity index is 1.96. The number of Topliss-reactive ketones (excluding diaryl/α,β-unsaturated/α-hetero) is 1. The van der Waals surface area contributed by atoms with Crippen LogP contribution in [0, 0.1) is 5.41 Å². The number of carbonyl (C=O) groups excluding carboxylic acids is 2. The van der Waals surface area contributed by atoms with Crippen LogP contribution in [0.2, 0.25) is 0 Å². The summed E-state index contributed by atoms with van der Waals surface area (Å²) in [5.41, 5.74) is -0.531. The molecule has 0 unspecified atom stereocenters. The zero-order valence-corrected chi connectivity index (χ0v) is 15.1. The number of rotatable bonds is 4. The van der Waals surface area contributed by atoms with Gasteiger partial charge in [0.2, 0.25) is 0 Å². The van der Waals surface area contributed by atoms with Gasteiger partial charge in [-0.2, -0.15) is 0 Å². The van der Waals surface area contributed by atoms with Crippen molar-refractivity contribution >= 4 is 11.8 Å². The van der Waals surface area contributed by atoms with Crippen LogP contribution in [0.1, 0.15) is 58.9 Å². The number of ketones is 1. The van der Waals surface area contributed by atoms with Crippen molar-refractivity contribution in [3.05, 3.63) is 35.9 Å². The molecule has 0 aromatic heterocycles. The van der Waals surface area contributed by atoms with Gasteiger partial charge in [-0.05, 0) is 52.5 Å². The molecule has 132 valence electrons. The molecule has 24 heavy (non-hydrogen) atoms. The number of hydrogen-bond acceptors (Lipinski definition) is 4. The van der Waals surface area contributed by atoms with Crippen molar-refractivity contribution in [3.63, 3.8) is 0 Å². The lowest BCUT2D eigenvalue weighted by Crippen LogP contribution is -2.40. The van der Waals surface area contributed by atoms with Crippen molar-refractivity contribution in [2.75, 3.05) is 0 Å². The van der Waals surface area contributed by atoms with E-state index in [1.165, 1.54) is 0 Å². The zero-order valence-electron chi connectivity index (χ0n) is 15.1. The molecule has 0 N–H and O–H groups in total. The van der Waals surface area contributed by atoms with Crippen LogP contribution in [0.15, 0.2) is 30.3 Å². The second-order valence-electron chi connectivity index (χ2n) is 7.75. The second kappa shape index (κ2) is 7.47. The van der Waals surface area contributed by atoms with Crippen LogP contribution < -0.4 is 0 Å². The van der Waals surface area contributed by atoms with Crippen LogP contribution in [0.25, 0.3) is 0 Å². The van der Waals surface area contributed by atoms with Crippen molar-refractivity contribution < 1.29 is 19.1 Å². The van der Waals surface area contributed by atoms with Crippen LogP contribution in [0.3, 0.4) is 0 Å². The van der Waals surface area contributed by atoms with Gasteiger partial charge in [0, 0.05) is 6.42 Å². The third-order valence-corrected chi connectivity index (χ3v) is 4.45. The van der Waals surface area contributed by atoms with E-state index < -0.39 is 17.0 Å². The maximum atomic E-state index is 12.5. The molecular formula is C20H28O4. The highest BCUT2D eigenvalue weighted by molar-refractivity contribution is 6.03. The lowest BCUT2D eigenvalue weighted by molar-refractivity contribution is -0.169. The van der Waals surface area contributed by atoms with Gasteiger partial charge in [0.1, 0.15) is 16.8 Å². The van der Waals surface area contributed by atoms with Gasteiger partial charge in [-0.15, -0.1) is 0 Å². The summed E-state index contributed by atoms with van der Waals surface area (Å²) in [6, 6.07) is 9.98. The van der Waals surface area contributed by atoms with Gasteiger partial charge in [0.25, 0.3) is 0 Å². The van der Waals surface area contributed by atoms with Gasteiger partial charge < -0.3 is 9.47 Å². The molecule has 0 spiro atoms. The summed E-state index contributed by atoms with van der Waals surface area (Å²) in [4.78, 5) is 25.0. The van der Waals surface area contributed by atoms with E-state index in [4.69, 9.17) is 9.47 Å². The largest absolute Gasteiger partial charge is 0.459 e. The summed E-state index contributed by atoms with van der Waals surface area (Å²) in [5.74, 6) is -0.453. The molecule has 2 rings (SSSR count). The third-order valence-electron chi connectivity index (χ3n) is 4.45. The smallest absolute Gasteiger partial charge is 0.319 e. The maximum Gasteiger partial charge on any atom is 0.319 e. The Morgan fingerprint density at radius 2 is 1.88 bits per heavy atom. The standard InChI is InChI=1S/C20H28O4/c1-19(2,3)24-18(22)20(4)13-12-16(10-11-17(20)21)23-14-15-8-6-5-7-9-15/h5-9,16H,10-14H2,1-4H3/t16-,20-/m1/s1. The van der Waals surface area contributed by atoms with Gasteiger partial charge in [0.05, 0.1) is 12.7 Å². The molecule has 1 saturated carbocycles. The van der Waals surface area contributed by atoms with Gasteiger partial charge >= 0.3 is 5.97 Å². The highest BCUT2D eigenvalue weighted by Gasteiger charge is 2.45. The lowest BCUT2D eigenvalue weighted by atomic mass is 9.81. The minimum absolute atomic E-state index is 0.00146. The average Bonchev–Trinajstić information content (AvgIpc) is 2.66. The summed E-state index contributed by atoms with van der Waals surface area (Å²) < 4.78 is 11.4. The van der Waals surface area contributed by atoms with Crippen molar-refractivity contribution in [1.82, 2.24) is 0 Å². The average molecular weight is 332 g/mol. The highest BCUT2D eigenvalue weighted by Crippen LogP contribution is 2.35. The van der Waals surface area contributed by atoms with E-state index in [2.05, 4.69) is 0 Å². The SMILES string of the molecule is CC(C)(C)OC(=O)[C@]1(C)CC[C@H](OCc2ccccc2)CCC1=O. The van der Waals surface area contributed by atoms with E-state index in [1.807, 2.05) is 51.1 Å². The van der Waals surface area contributed by atoms with E-state index in [-0.39, 0.29) is 11.9 Å². The Morgan fingerprint density at radius 1 is 1.21 bits per heavy atom. The van der Waals surface area contributed by atoms with E-state index in [9.17, 15) is 9.59 Å². The monoisotopic (exact) mass is 332 g/mol. The minimum Gasteiger partial charge on any atom is -0.459 e. The summed E-state index contributed by atoms with van der Waals surface area (Å²) >= 11 is 0.